The van der Waals surface area contributed by atoms with Gasteiger partial charge < -0.3 is 9.64 Å². The van der Waals surface area contributed by atoms with Gasteiger partial charge in [0.2, 0.25) is 11.8 Å². The first-order valence-electron chi connectivity index (χ1n) is 9.81. The van der Waals surface area contributed by atoms with Crippen LogP contribution in [0.2, 0.25) is 5.02 Å². The summed E-state index contributed by atoms with van der Waals surface area (Å²) in [4.78, 5) is 37.5. The van der Waals surface area contributed by atoms with Crippen molar-refractivity contribution in [1.82, 2.24) is 5.32 Å². The smallest absolute Gasteiger partial charge is 0.412 e. The molecular formula is C22H22ClN3O4. The summed E-state index contributed by atoms with van der Waals surface area (Å²) in [6, 6.07) is 13.0. The predicted molar refractivity (Wildman–Crippen MR) is 114 cm³/mol. The molecular weight excluding hydrogens is 406 g/mol. The lowest BCUT2D eigenvalue weighted by Crippen LogP contribution is -2.53. The van der Waals surface area contributed by atoms with Gasteiger partial charge in [0.1, 0.15) is 6.10 Å². The molecule has 8 heteroatoms. The number of hydrogen-bond acceptors (Lipinski definition) is 5. The second-order valence-electron chi connectivity index (χ2n) is 7.62. The average molecular weight is 428 g/mol. The quantitative estimate of drug-likeness (QED) is 0.728. The van der Waals surface area contributed by atoms with Crippen molar-refractivity contribution in [2.24, 2.45) is 0 Å². The average Bonchev–Trinajstić information content (AvgIpc) is 2.68. The van der Waals surface area contributed by atoms with Crippen LogP contribution in [0, 0.1) is 6.92 Å². The zero-order valence-electron chi connectivity index (χ0n) is 16.5. The van der Waals surface area contributed by atoms with E-state index in [0.29, 0.717) is 36.6 Å². The van der Waals surface area contributed by atoms with E-state index in [4.69, 9.17) is 16.3 Å². The summed E-state index contributed by atoms with van der Waals surface area (Å²) in [5, 5.41) is 5.66. The van der Waals surface area contributed by atoms with Crippen LogP contribution in [0.5, 0.6) is 0 Å². The molecule has 2 aromatic rings. The first-order chi connectivity index (χ1) is 14.4. The fourth-order valence-electron chi connectivity index (χ4n) is 3.62. The standard InChI is InChI=1S/C22H22ClN3O4/c1-13-2-5-15(10-19(13)23)24-22(29)30-17-11-26(12-17)16-6-3-14(4-7-16)18-8-9-20(27)25-21(18)28/h2-7,10,17-18H,8-9,11-12H2,1H3,(H,24,29)(H,25,27,28). The van der Waals surface area contributed by atoms with E-state index in [1.807, 2.05) is 37.3 Å². The van der Waals surface area contributed by atoms with Gasteiger partial charge >= 0.3 is 6.09 Å². The van der Waals surface area contributed by atoms with Crippen molar-refractivity contribution < 1.29 is 19.1 Å². The number of aryl methyl sites for hydroxylation is 1. The normalized spacial score (nSPS) is 19.1. The number of amides is 3. The molecule has 156 valence electrons. The van der Waals surface area contributed by atoms with Gasteiger partial charge in [-0.1, -0.05) is 29.8 Å². The molecule has 1 atom stereocenters. The Bertz CT molecular complexity index is 986. The van der Waals surface area contributed by atoms with E-state index in [9.17, 15) is 14.4 Å². The molecule has 0 aliphatic carbocycles. The first kappa shape index (κ1) is 20.2. The van der Waals surface area contributed by atoms with E-state index in [1.54, 1.807) is 12.1 Å². The van der Waals surface area contributed by atoms with Gasteiger partial charge in [-0.2, -0.15) is 0 Å². The number of anilines is 2. The highest BCUT2D eigenvalue weighted by molar-refractivity contribution is 6.31. The van der Waals surface area contributed by atoms with Crippen molar-refractivity contribution in [3.05, 3.63) is 58.6 Å². The number of ether oxygens (including phenoxy) is 1. The molecule has 2 saturated heterocycles. The molecule has 0 spiro atoms. The topological polar surface area (TPSA) is 87.7 Å². The maximum atomic E-state index is 12.1. The molecule has 0 saturated carbocycles. The van der Waals surface area contributed by atoms with Crippen molar-refractivity contribution in [2.45, 2.75) is 31.8 Å². The van der Waals surface area contributed by atoms with Crippen LogP contribution in [0.4, 0.5) is 16.2 Å². The van der Waals surface area contributed by atoms with Gasteiger partial charge in [0.25, 0.3) is 0 Å². The number of carbonyl (C=O) groups is 3. The van der Waals surface area contributed by atoms with Crippen molar-refractivity contribution in [2.75, 3.05) is 23.3 Å². The Balaban J connectivity index is 1.27. The summed E-state index contributed by atoms with van der Waals surface area (Å²) in [6.45, 7) is 3.09. The predicted octanol–water partition coefficient (Wildman–Crippen LogP) is 3.61. The molecule has 7 nitrogen and oxygen atoms in total. The van der Waals surface area contributed by atoms with E-state index in [1.165, 1.54) is 0 Å². The number of imide groups is 1. The minimum absolute atomic E-state index is 0.194. The molecule has 2 heterocycles. The van der Waals surface area contributed by atoms with Crippen molar-refractivity contribution in [1.29, 1.82) is 0 Å². The molecule has 3 amide bonds. The highest BCUT2D eigenvalue weighted by Crippen LogP contribution is 2.29. The molecule has 2 fully saturated rings. The highest BCUT2D eigenvalue weighted by Gasteiger charge is 2.31. The highest BCUT2D eigenvalue weighted by atomic mass is 35.5. The van der Waals surface area contributed by atoms with Crippen LogP contribution in [-0.4, -0.2) is 37.1 Å². The van der Waals surface area contributed by atoms with Gasteiger partial charge in [-0.05, 0) is 48.7 Å². The van der Waals surface area contributed by atoms with Crippen LogP contribution in [0.1, 0.15) is 29.9 Å². The number of nitrogens with zero attached hydrogens (tertiary/aromatic N) is 1. The molecule has 2 N–H and O–H groups in total. The lowest BCUT2D eigenvalue weighted by atomic mass is 9.90. The summed E-state index contributed by atoms with van der Waals surface area (Å²) in [6.07, 6.45) is 0.194. The third-order valence-electron chi connectivity index (χ3n) is 5.44. The van der Waals surface area contributed by atoms with Gasteiger partial charge in [0, 0.05) is 22.8 Å². The number of benzene rings is 2. The maximum Gasteiger partial charge on any atom is 0.412 e. The fourth-order valence-corrected chi connectivity index (χ4v) is 3.80. The molecule has 1 unspecified atom stereocenters. The molecule has 2 aliphatic rings. The van der Waals surface area contributed by atoms with Gasteiger partial charge in [0.15, 0.2) is 0 Å². The van der Waals surface area contributed by atoms with Gasteiger partial charge in [-0.15, -0.1) is 0 Å². The summed E-state index contributed by atoms with van der Waals surface area (Å²) < 4.78 is 5.44. The van der Waals surface area contributed by atoms with Crippen LogP contribution in [-0.2, 0) is 14.3 Å². The maximum absolute atomic E-state index is 12.1. The first-order valence-corrected chi connectivity index (χ1v) is 10.2. The molecule has 0 aromatic heterocycles. The monoisotopic (exact) mass is 427 g/mol. The summed E-state index contributed by atoms with van der Waals surface area (Å²) in [5.74, 6) is -0.741. The number of carbonyl (C=O) groups excluding carboxylic acids is 3. The Kier molecular flexibility index (Phi) is 5.63. The van der Waals surface area contributed by atoms with Gasteiger partial charge in [-0.3, -0.25) is 20.2 Å². The van der Waals surface area contributed by atoms with Crippen LogP contribution >= 0.6 is 11.6 Å². The number of rotatable bonds is 4. The number of hydrogen-bond donors (Lipinski definition) is 2. The van der Waals surface area contributed by atoms with E-state index in [0.717, 1.165) is 16.8 Å². The molecule has 2 aliphatic heterocycles. The lowest BCUT2D eigenvalue weighted by Gasteiger charge is -2.40. The number of nitrogens with one attached hydrogen (secondary N) is 2. The van der Waals surface area contributed by atoms with E-state index < -0.39 is 6.09 Å². The molecule has 0 radical (unpaired) electrons. The van der Waals surface area contributed by atoms with E-state index in [2.05, 4.69) is 15.5 Å². The third kappa shape index (κ3) is 4.41. The Labute approximate surface area is 179 Å². The minimum Gasteiger partial charge on any atom is -0.442 e. The van der Waals surface area contributed by atoms with Gasteiger partial charge in [0.05, 0.1) is 19.0 Å². The van der Waals surface area contributed by atoms with Crippen LogP contribution in [0.25, 0.3) is 0 Å². The molecule has 4 rings (SSSR count). The second-order valence-corrected chi connectivity index (χ2v) is 8.02. The Morgan fingerprint density at radius 1 is 1.17 bits per heavy atom. The Hall–Kier alpha value is -3.06. The zero-order valence-corrected chi connectivity index (χ0v) is 17.2. The minimum atomic E-state index is -0.507. The van der Waals surface area contributed by atoms with Crippen LogP contribution in [0.3, 0.4) is 0 Å². The number of piperidine rings is 1. The van der Waals surface area contributed by atoms with Crippen molar-refractivity contribution >= 4 is 40.9 Å². The summed E-state index contributed by atoms with van der Waals surface area (Å²) in [7, 11) is 0. The van der Waals surface area contributed by atoms with E-state index >= 15 is 0 Å². The summed E-state index contributed by atoms with van der Waals surface area (Å²) in [5.41, 5.74) is 3.43. The summed E-state index contributed by atoms with van der Waals surface area (Å²) >= 11 is 6.07. The SMILES string of the molecule is Cc1ccc(NC(=O)OC2CN(c3ccc(C4CCC(=O)NC4=O)cc3)C2)cc1Cl. The molecule has 0 bridgehead atoms. The molecule has 2 aromatic carbocycles. The lowest BCUT2D eigenvalue weighted by molar-refractivity contribution is -0.134. The van der Waals surface area contributed by atoms with Crippen LogP contribution < -0.4 is 15.5 Å². The zero-order chi connectivity index (χ0) is 21.3. The molecule has 30 heavy (non-hydrogen) atoms. The van der Waals surface area contributed by atoms with E-state index in [-0.39, 0.29) is 23.8 Å². The second kappa shape index (κ2) is 8.36. The largest absolute Gasteiger partial charge is 0.442 e. The van der Waals surface area contributed by atoms with Gasteiger partial charge in [-0.25, -0.2) is 4.79 Å². The Morgan fingerprint density at radius 3 is 2.57 bits per heavy atom. The van der Waals surface area contributed by atoms with Crippen molar-refractivity contribution in [3.8, 4) is 0 Å². The Morgan fingerprint density at radius 2 is 1.90 bits per heavy atom. The van der Waals surface area contributed by atoms with Crippen molar-refractivity contribution in [3.63, 3.8) is 0 Å². The fraction of sp³-hybridized carbons (Fsp3) is 0.318. The van der Waals surface area contributed by atoms with Crippen LogP contribution in [0.15, 0.2) is 42.5 Å². The number of halogens is 1. The third-order valence-corrected chi connectivity index (χ3v) is 5.85.